The van der Waals surface area contributed by atoms with Gasteiger partial charge < -0.3 is 19.3 Å². The van der Waals surface area contributed by atoms with Gasteiger partial charge in [0.05, 0.1) is 26.3 Å². The van der Waals surface area contributed by atoms with Crippen LogP contribution in [0.4, 0.5) is 0 Å². The number of hydrogen-bond donors (Lipinski definition) is 0. The van der Waals surface area contributed by atoms with Crippen molar-refractivity contribution in [1.82, 2.24) is 14.7 Å². The van der Waals surface area contributed by atoms with E-state index in [1.54, 1.807) is 14.2 Å². The third-order valence-electron chi connectivity index (χ3n) is 6.16. The minimum absolute atomic E-state index is 0.207. The fourth-order valence-corrected chi connectivity index (χ4v) is 4.30. The molecule has 1 saturated heterocycles. The van der Waals surface area contributed by atoms with Crippen molar-refractivity contribution in [2.75, 3.05) is 46.9 Å². The highest BCUT2D eigenvalue weighted by molar-refractivity contribution is 6.35. The average Bonchev–Trinajstić information content (AvgIpc) is 3.09. The number of rotatable bonds is 7. The van der Waals surface area contributed by atoms with Crippen LogP contribution in [0.25, 0.3) is 5.57 Å². The summed E-state index contributed by atoms with van der Waals surface area (Å²) in [5, 5.41) is 0. The van der Waals surface area contributed by atoms with E-state index < -0.39 is 0 Å². The highest BCUT2D eigenvalue weighted by Crippen LogP contribution is 2.37. The van der Waals surface area contributed by atoms with Crippen molar-refractivity contribution in [2.45, 2.75) is 13.5 Å². The van der Waals surface area contributed by atoms with Crippen LogP contribution >= 0.6 is 0 Å². The van der Waals surface area contributed by atoms with Gasteiger partial charge in [0, 0.05) is 31.7 Å². The summed E-state index contributed by atoms with van der Waals surface area (Å²) in [7, 11) is 3.19. The standard InChI is InChI=1S/C25H29N3O4/c1-4-26-13-15-27(16-14-26)23-22(20-7-5-6-8-21(20)32-3)24(29)28(25(23)30)17-18-9-11-19(31-2)12-10-18/h5-12H,4,13-17H2,1-3H3. The quantitative estimate of drug-likeness (QED) is 0.623. The van der Waals surface area contributed by atoms with Gasteiger partial charge in [-0.15, -0.1) is 0 Å². The molecule has 2 heterocycles. The number of piperazine rings is 1. The number of hydrogen-bond acceptors (Lipinski definition) is 6. The second-order valence-corrected chi connectivity index (χ2v) is 7.89. The van der Waals surface area contributed by atoms with Crippen LogP contribution < -0.4 is 9.47 Å². The lowest BCUT2D eigenvalue weighted by Gasteiger charge is -2.36. The molecule has 2 amide bonds. The van der Waals surface area contributed by atoms with E-state index in [9.17, 15) is 9.59 Å². The van der Waals surface area contributed by atoms with Crippen molar-refractivity contribution in [3.63, 3.8) is 0 Å². The van der Waals surface area contributed by atoms with Crippen molar-refractivity contribution in [3.05, 3.63) is 65.4 Å². The summed E-state index contributed by atoms with van der Waals surface area (Å²) in [5.74, 6) is 0.773. The van der Waals surface area contributed by atoms with Gasteiger partial charge in [-0.1, -0.05) is 37.3 Å². The third-order valence-corrected chi connectivity index (χ3v) is 6.16. The normalized spacial score (nSPS) is 17.3. The molecule has 2 aromatic carbocycles. The number of ether oxygens (including phenoxy) is 2. The molecule has 0 bridgehead atoms. The zero-order valence-electron chi connectivity index (χ0n) is 18.8. The first-order chi connectivity index (χ1) is 15.6. The minimum Gasteiger partial charge on any atom is -0.497 e. The lowest BCUT2D eigenvalue weighted by molar-refractivity contribution is -0.138. The molecule has 0 atom stereocenters. The van der Waals surface area contributed by atoms with E-state index in [-0.39, 0.29) is 18.4 Å². The van der Waals surface area contributed by atoms with Gasteiger partial charge in [0.25, 0.3) is 11.8 Å². The molecule has 168 valence electrons. The number of para-hydroxylation sites is 1. The monoisotopic (exact) mass is 435 g/mol. The molecule has 1 fully saturated rings. The molecule has 2 aliphatic heterocycles. The maximum absolute atomic E-state index is 13.6. The fraction of sp³-hybridized carbons (Fsp3) is 0.360. The molecule has 4 rings (SSSR count). The second kappa shape index (κ2) is 9.44. The zero-order chi connectivity index (χ0) is 22.7. The van der Waals surface area contributed by atoms with Gasteiger partial charge in [-0.05, 0) is 30.3 Å². The van der Waals surface area contributed by atoms with Crippen molar-refractivity contribution >= 4 is 17.4 Å². The average molecular weight is 436 g/mol. The highest BCUT2D eigenvalue weighted by atomic mass is 16.5. The fourth-order valence-electron chi connectivity index (χ4n) is 4.30. The van der Waals surface area contributed by atoms with Gasteiger partial charge in [0.1, 0.15) is 17.2 Å². The Bertz CT molecular complexity index is 1020. The molecule has 0 saturated carbocycles. The van der Waals surface area contributed by atoms with Crippen molar-refractivity contribution in [1.29, 1.82) is 0 Å². The summed E-state index contributed by atoms with van der Waals surface area (Å²) in [6, 6.07) is 14.8. The van der Waals surface area contributed by atoms with E-state index in [0.29, 0.717) is 35.7 Å². The Hall–Kier alpha value is -3.32. The number of benzene rings is 2. The molecule has 0 radical (unpaired) electrons. The smallest absolute Gasteiger partial charge is 0.278 e. The van der Waals surface area contributed by atoms with Gasteiger partial charge in [0.2, 0.25) is 0 Å². The van der Waals surface area contributed by atoms with E-state index >= 15 is 0 Å². The van der Waals surface area contributed by atoms with Crippen LogP contribution in [-0.2, 0) is 16.1 Å². The summed E-state index contributed by atoms with van der Waals surface area (Å²) in [6.07, 6.45) is 0. The van der Waals surface area contributed by atoms with Crippen LogP contribution in [0, 0.1) is 0 Å². The maximum atomic E-state index is 13.6. The number of imide groups is 1. The number of methoxy groups -OCH3 is 2. The van der Waals surface area contributed by atoms with Gasteiger partial charge in [0.15, 0.2) is 0 Å². The predicted octanol–water partition coefficient (Wildman–Crippen LogP) is 2.62. The van der Waals surface area contributed by atoms with Gasteiger partial charge in [-0.3, -0.25) is 14.5 Å². The molecular weight excluding hydrogens is 406 g/mol. The van der Waals surface area contributed by atoms with Crippen molar-refractivity contribution in [3.8, 4) is 11.5 Å². The molecule has 2 aromatic rings. The van der Waals surface area contributed by atoms with Crippen LogP contribution in [0.15, 0.2) is 54.2 Å². The topological polar surface area (TPSA) is 62.3 Å². The second-order valence-electron chi connectivity index (χ2n) is 7.89. The Labute approximate surface area is 188 Å². The van der Waals surface area contributed by atoms with Crippen LogP contribution in [0.1, 0.15) is 18.1 Å². The van der Waals surface area contributed by atoms with Gasteiger partial charge in [-0.2, -0.15) is 0 Å². The number of carbonyl (C=O) groups excluding carboxylic acids is 2. The number of carbonyl (C=O) groups is 2. The summed E-state index contributed by atoms with van der Waals surface area (Å²) in [6.45, 7) is 6.45. The summed E-state index contributed by atoms with van der Waals surface area (Å²) < 4.78 is 10.7. The van der Waals surface area contributed by atoms with Gasteiger partial charge in [-0.25, -0.2) is 0 Å². The Kier molecular flexibility index (Phi) is 6.46. The zero-order valence-corrected chi connectivity index (χ0v) is 18.8. The number of nitrogens with zero attached hydrogens (tertiary/aromatic N) is 3. The van der Waals surface area contributed by atoms with Crippen LogP contribution in [0.2, 0.25) is 0 Å². The Morgan fingerprint density at radius 3 is 2.16 bits per heavy atom. The van der Waals surface area contributed by atoms with E-state index in [0.717, 1.165) is 30.9 Å². The molecular formula is C25H29N3O4. The lowest BCUT2D eigenvalue weighted by Crippen LogP contribution is -2.47. The predicted molar refractivity (Wildman–Crippen MR) is 122 cm³/mol. The maximum Gasteiger partial charge on any atom is 0.278 e. The summed E-state index contributed by atoms with van der Waals surface area (Å²) in [4.78, 5) is 33.0. The molecule has 0 unspecified atom stereocenters. The Morgan fingerprint density at radius 1 is 0.844 bits per heavy atom. The highest BCUT2D eigenvalue weighted by Gasteiger charge is 2.42. The molecule has 0 spiro atoms. The van der Waals surface area contributed by atoms with E-state index in [4.69, 9.17) is 9.47 Å². The first kappa shape index (κ1) is 21.9. The summed E-state index contributed by atoms with van der Waals surface area (Å²) >= 11 is 0. The summed E-state index contributed by atoms with van der Waals surface area (Å²) in [5.41, 5.74) is 2.41. The SMILES string of the molecule is CCN1CCN(C2=C(c3ccccc3OC)C(=O)N(Cc3ccc(OC)cc3)C2=O)CC1. The van der Waals surface area contributed by atoms with E-state index in [1.165, 1.54) is 4.90 Å². The lowest BCUT2D eigenvalue weighted by atomic mass is 10.0. The number of likely N-dealkylation sites (N-methyl/N-ethyl adjacent to an activating group) is 1. The first-order valence-corrected chi connectivity index (χ1v) is 10.9. The largest absolute Gasteiger partial charge is 0.497 e. The molecule has 7 nitrogen and oxygen atoms in total. The first-order valence-electron chi connectivity index (χ1n) is 10.9. The Balaban J connectivity index is 1.71. The Morgan fingerprint density at radius 2 is 1.53 bits per heavy atom. The van der Waals surface area contributed by atoms with Crippen LogP contribution in [0.3, 0.4) is 0 Å². The van der Waals surface area contributed by atoms with Crippen molar-refractivity contribution in [2.24, 2.45) is 0 Å². The van der Waals surface area contributed by atoms with Crippen LogP contribution in [0.5, 0.6) is 11.5 Å². The molecule has 0 N–H and O–H groups in total. The van der Waals surface area contributed by atoms with Crippen molar-refractivity contribution < 1.29 is 19.1 Å². The molecule has 32 heavy (non-hydrogen) atoms. The molecule has 2 aliphatic rings. The number of amides is 2. The van der Waals surface area contributed by atoms with E-state index in [2.05, 4.69) is 16.7 Å². The molecule has 7 heteroatoms. The van der Waals surface area contributed by atoms with E-state index in [1.807, 2.05) is 48.5 Å². The third kappa shape index (κ3) is 4.08. The van der Waals surface area contributed by atoms with Crippen LogP contribution in [-0.4, -0.2) is 73.5 Å². The van der Waals surface area contributed by atoms with Gasteiger partial charge >= 0.3 is 0 Å². The minimum atomic E-state index is -0.289. The molecule has 0 aliphatic carbocycles. The molecule has 0 aromatic heterocycles.